The first-order valence-electron chi connectivity index (χ1n) is 5.22. The van der Waals surface area contributed by atoms with Crippen LogP contribution in [0, 0.1) is 0 Å². The summed E-state index contributed by atoms with van der Waals surface area (Å²) < 4.78 is 0. The van der Waals surface area contributed by atoms with Gasteiger partial charge in [-0.25, -0.2) is 4.79 Å². The van der Waals surface area contributed by atoms with E-state index in [2.05, 4.69) is 26.2 Å². The third kappa shape index (κ3) is 1.65. The van der Waals surface area contributed by atoms with E-state index < -0.39 is 0 Å². The first-order valence-corrected chi connectivity index (χ1v) is 6.72. The van der Waals surface area contributed by atoms with Gasteiger partial charge in [0.15, 0.2) is 0 Å². The molecule has 2 heterocycles. The molecule has 0 radical (unpaired) electrons. The molecule has 0 aromatic heterocycles. The van der Waals surface area contributed by atoms with E-state index >= 15 is 0 Å². The number of rotatable bonds is 1. The Hall–Kier alpha value is -1.07. The lowest BCUT2D eigenvalue weighted by atomic mass is 10.1. The molecular weight excluding hydrogens is 305 g/mol. The number of anilines is 1. The van der Waals surface area contributed by atoms with E-state index in [1.54, 1.807) is 4.90 Å². The van der Waals surface area contributed by atoms with Gasteiger partial charge in [-0.05, 0) is 17.7 Å². The molecule has 0 unspecified atom stereocenters. The van der Waals surface area contributed by atoms with Crippen LogP contribution < -0.4 is 5.32 Å². The molecule has 2 aliphatic heterocycles. The van der Waals surface area contributed by atoms with Crippen molar-refractivity contribution in [2.75, 3.05) is 18.4 Å². The van der Waals surface area contributed by atoms with Crippen LogP contribution in [-0.2, 0) is 5.33 Å². The van der Waals surface area contributed by atoms with Gasteiger partial charge in [0.2, 0.25) is 0 Å². The molecule has 1 aromatic rings. The monoisotopic (exact) mass is 313 g/mol. The molecule has 0 bridgehead atoms. The van der Waals surface area contributed by atoms with Crippen LogP contribution in [-0.4, -0.2) is 29.9 Å². The lowest BCUT2D eigenvalue weighted by molar-refractivity contribution is 0.235. The molecule has 0 spiro atoms. The molecule has 3 rings (SSSR count). The number of halogens is 2. The van der Waals surface area contributed by atoms with Gasteiger partial charge in [-0.3, -0.25) is 9.89 Å². The minimum absolute atomic E-state index is 0.114. The van der Waals surface area contributed by atoms with Gasteiger partial charge in [0.25, 0.3) is 0 Å². The summed E-state index contributed by atoms with van der Waals surface area (Å²) in [7, 11) is 0. The molecule has 0 atom stereocenters. The van der Waals surface area contributed by atoms with Crippen LogP contribution in [0.25, 0.3) is 0 Å². The fourth-order valence-corrected chi connectivity index (χ4v) is 2.92. The molecule has 88 valence electrons. The highest BCUT2D eigenvalue weighted by atomic mass is 79.9. The predicted molar refractivity (Wildman–Crippen MR) is 71.2 cm³/mol. The molecule has 0 aliphatic carbocycles. The second kappa shape index (κ2) is 3.99. The van der Waals surface area contributed by atoms with Crippen LogP contribution in [0.5, 0.6) is 0 Å². The van der Waals surface area contributed by atoms with E-state index in [4.69, 9.17) is 11.6 Å². The molecule has 1 N–H and O–H groups in total. The number of aliphatic imine (C=N–C) groups is 1. The van der Waals surface area contributed by atoms with E-state index in [9.17, 15) is 4.79 Å². The number of amidine groups is 1. The van der Waals surface area contributed by atoms with E-state index in [-0.39, 0.29) is 6.03 Å². The maximum absolute atomic E-state index is 11.8. The Labute approximate surface area is 112 Å². The van der Waals surface area contributed by atoms with Gasteiger partial charge in [0.1, 0.15) is 5.84 Å². The largest absolute Gasteiger partial charge is 0.327 e. The van der Waals surface area contributed by atoms with Gasteiger partial charge < -0.3 is 5.32 Å². The zero-order valence-electron chi connectivity index (χ0n) is 8.83. The van der Waals surface area contributed by atoms with E-state index in [0.29, 0.717) is 23.4 Å². The quantitative estimate of drug-likeness (QED) is 0.796. The Morgan fingerprint density at radius 3 is 3.12 bits per heavy atom. The summed E-state index contributed by atoms with van der Waals surface area (Å²) in [6.07, 6.45) is 0. The van der Waals surface area contributed by atoms with E-state index in [1.165, 1.54) is 0 Å². The summed E-state index contributed by atoms with van der Waals surface area (Å²) in [4.78, 5) is 17.8. The normalized spacial score (nSPS) is 17.4. The number of amides is 2. The predicted octanol–water partition coefficient (Wildman–Crippen LogP) is 2.84. The summed E-state index contributed by atoms with van der Waals surface area (Å²) >= 11 is 9.54. The van der Waals surface area contributed by atoms with Gasteiger partial charge >= 0.3 is 6.03 Å². The number of benzene rings is 1. The third-order valence-corrected chi connectivity index (χ3v) is 3.85. The lowest BCUT2D eigenvalue weighted by Crippen LogP contribution is -2.42. The average molecular weight is 315 g/mol. The number of carbonyl (C=O) groups excluding carboxylic acids is 1. The number of hydrogen-bond donors (Lipinski definition) is 1. The topological polar surface area (TPSA) is 44.7 Å². The fourth-order valence-electron chi connectivity index (χ4n) is 2.07. The summed E-state index contributed by atoms with van der Waals surface area (Å²) in [6.45, 7) is 1.29. The molecule has 2 amide bonds. The zero-order valence-corrected chi connectivity index (χ0v) is 11.2. The molecule has 0 fully saturated rings. The van der Waals surface area contributed by atoms with Gasteiger partial charge in [-0.2, -0.15) is 0 Å². The van der Waals surface area contributed by atoms with Crippen molar-refractivity contribution in [3.63, 3.8) is 0 Å². The number of carbonyl (C=O) groups is 1. The smallest absolute Gasteiger partial charge is 0.307 e. The maximum Gasteiger partial charge on any atom is 0.327 e. The Morgan fingerprint density at radius 2 is 2.35 bits per heavy atom. The molecular formula is C11H9BrClN3O. The Kier molecular flexibility index (Phi) is 2.60. The standard InChI is InChI=1S/C11H9BrClN3O/c12-5-6-3-9-7(4-8(6)13)10-14-1-2-16(10)11(17)15-9/h3-4H,1-2,5H2,(H,15,17). The van der Waals surface area contributed by atoms with Crippen LogP contribution in [0.15, 0.2) is 17.1 Å². The number of urea groups is 1. The van der Waals surface area contributed by atoms with E-state index in [0.717, 1.165) is 22.6 Å². The van der Waals surface area contributed by atoms with Crippen molar-refractivity contribution in [1.29, 1.82) is 0 Å². The van der Waals surface area contributed by atoms with Crippen molar-refractivity contribution in [1.82, 2.24) is 4.90 Å². The van der Waals surface area contributed by atoms with Crippen molar-refractivity contribution in [3.8, 4) is 0 Å². The second-order valence-electron chi connectivity index (χ2n) is 3.91. The van der Waals surface area contributed by atoms with Crippen LogP contribution in [0.4, 0.5) is 10.5 Å². The number of hydrogen-bond acceptors (Lipinski definition) is 2. The molecule has 6 heteroatoms. The van der Waals surface area contributed by atoms with Crippen molar-refractivity contribution >= 4 is 45.1 Å². The molecule has 0 saturated heterocycles. The Morgan fingerprint density at radius 1 is 1.53 bits per heavy atom. The lowest BCUT2D eigenvalue weighted by Gasteiger charge is -2.27. The number of nitrogens with one attached hydrogen (secondary N) is 1. The first kappa shape index (κ1) is 11.0. The molecule has 17 heavy (non-hydrogen) atoms. The van der Waals surface area contributed by atoms with Gasteiger partial charge in [-0.15, -0.1) is 0 Å². The third-order valence-electron chi connectivity index (χ3n) is 2.90. The SMILES string of the molecule is O=C1Nc2cc(CBr)c(Cl)cc2C2=NCCN12. The number of alkyl halides is 1. The number of fused-ring (bicyclic) bond motifs is 3. The van der Waals surface area contributed by atoms with E-state index in [1.807, 2.05) is 12.1 Å². The fraction of sp³-hybridized carbons (Fsp3) is 0.273. The highest BCUT2D eigenvalue weighted by molar-refractivity contribution is 9.08. The van der Waals surface area contributed by atoms with Crippen LogP contribution >= 0.6 is 27.5 Å². The van der Waals surface area contributed by atoms with Crippen molar-refractivity contribution in [2.45, 2.75) is 5.33 Å². The van der Waals surface area contributed by atoms with Crippen LogP contribution in [0.3, 0.4) is 0 Å². The Bertz CT molecular complexity index is 544. The Balaban J connectivity index is 2.17. The molecule has 1 aromatic carbocycles. The van der Waals surface area contributed by atoms with Crippen LogP contribution in [0.2, 0.25) is 5.02 Å². The second-order valence-corrected chi connectivity index (χ2v) is 4.88. The highest BCUT2D eigenvalue weighted by Crippen LogP contribution is 2.32. The van der Waals surface area contributed by atoms with Crippen molar-refractivity contribution in [3.05, 3.63) is 28.3 Å². The zero-order chi connectivity index (χ0) is 12.0. The number of nitrogens with zero attached hydrogens (tertiary/aromatic N) is 2. The van der Waals surface area contributed by atoms with Crippen molar-refractivity contribution < 1.29 is 4.79 Å². The maximum atomic E-state index is 11.8. The average Bonchev–Trinajstić information content (AvgIpc) is 2.79. The minimum Gasteiger partial charge on any atom is -0.307 e. The first-order chi connectivity index (χ1) is 8.20. The van der Waals surface area contributed by atoms with Crippen LogP contribution in [0.1, 0.15) is 11.1 Å². The minimum atomic E-state index is -0.114. The summed E-state index contributed by atoms with van der Waals surface area (Å²) in [5, 5.41) is 4.20. The molecule has 4 nitrogen and oxygen atoms in total. The molecule has 0 saturated carbocycles. The van der Waals surface area contributed by atoms with Gasteiger partial charge in [-0.1, -0.05) is 27.5 Å². The molecule has 2 aliphatic rings. The van der Waals surface area contributed by atoms with Gasteiger partial charge in [0, 0.05) is 22.5 Å². The summed E-state index contributed by atoms with van der Waals surface area (Å²) in [6, 6.07) is 3.64. The van der Waals surface area contributed by atoms with Gasteiger partial charge in [0.05, 0.1) is 12.2 Å². The summed E-state index contributed by atoms with van der Waals surface area (Å²) in [5.74, 6) is 0.728. The summed E-state index contributed by atoms with van der Waals surface area (Å²) in [5.41, 5.74) is 2.64. The highest BCUT2D eigenvalue weighted by Gasteiger charge is 2.32. The van der Waals surface area contributed by atoms with Crippen molar-refractivity contribution in [2.24, 2.45) is 4.99 Å².